The van der Waals surface area contributed by atoms with Crippen LogP contribution >= 0.6 is 23.1 Å². The molecule has 2 aromatic rings. The summed E-state index contributed by atoms with van der Waals surface area (Å²) in [7, 11) is 0. The van der Waals surface area contributed by atoms with Crippen molar-refractivity contribution >= 4 is 39.8 Å². The number of nitrogens with zero attached hydrogens (tertiary/aromatic N) is 2. The quantitative estimate of drug-likeness (QED) is 0.732. The van der Waals surface area contributed by atoms with E-state index in [1.165, 1.54) is 35.2 Å². The number of amides is 1. The lowest BCUT2D eigenvalue weighted by atomic mass is 10.2. The third-order valence-corrected chi connectivity index (χ3v) is 5.33. The molecule has 0 radical (unpaired) electrons. The number of aromatic nitrogens is 2. The normalized spacial score (nSPS) is 17.0. The van der Waals surface area contributed by atoms with Gasteiger partial charge in [-0.3, -0.25) is 4.79 Å². The molecule has 9 heteroatoms. The molecule has 0 bridgehead atoms. The van der Waals surface area contributed by atoms with Crippen molar-refractivity contribution in [3.8, 4) is 0 Å². The van der Waals surface area contributed by atoms with Gasteiger partial charge in [-0.05, 0) is 31.0 Å². The van der Waals surface area contributed by atoms with E-state index in [1.807, 2.05) is 0 Å². The Bertz CT molecular complexity index is 692. The highest BCUT2D eigenvalue weighted by atomic mass is 32.2. The molecule has 0 aliphatic carbocycles. The van der Waals surface area contributed by atoms with E-state index < -0.39 is 0 Å². The van der Waals surface area contributed by atoms with E-state index in [9.17, 15) is 9.18 Å². The summed E-state index contributed by atoms with van der Waals surface area (Å²) in [5.74, 6) is -0.0891. The van der Waals surface area contributed by atoms with Crippen molar-refractivity contribution in [1.82, 2.24) is 15.5 Å². The number of thioether (sulfide) groups is 1. The molecule has 0 spiro atoms. The second kappa shape index (κ2) is 8.41. The van der Waals surface area contributed by atoms with Crippen molar-refractivity contribution < 1.29 is 13.9 Å². The Kier molecular flexibility index (Phi) is 6.00. The van der Waals surface area contributed by atoms with Gasteiger partial charge in [0, 0.05) is 18.8 Å². The summed E-state index contributed by atoms with van der Waals surface area (Å²) in [6, 6.07) is 6.12. The lowest BCUT2D eigenvalue weighted by molar-refractivity contribution is -0.119. The van der Waals surface area contributed by atoms with Crippen LogP contribution in [0, 0.1) is 5.82 Å². The summed E-state index contributed by atoms with van der Waals surface area (Å²) in [6.45, 7) is 1.34. The number of carbonyl (C=O) groups is 1. The predicted molar refractivity (Wildman–Crippen MR) is 92.3 cm³/mol. The Labute approximate surface area is 147 Å². The Hall–Kier alpha value is -1.71. The third kappa shape index (κ3) is 5.15. The average molecular weight is 368 g/mol. The van der Waals surface area contributed by atoms with Crippen LogP contribution in [0.25, 0.3) is 0 Å². The topological polar surface area (TPSA) is 76.1 Å². The molecule has 1 aromatic heterocycles. The maximum Gasteiger partial charge on any atom is 0.230 e. The maximum absolute atomic E-state index is 13.1. The highest BCUT2D eigenvalue weighted by molar-refractivity contribution is 8.01. The Morgan fingerprint density at radius 1 is 1.46 bits per heavy atom. The van der Waals surface area contributed by atoms with Gasteiger partial charge in [0.2, 0.25) is 11.0 Å². The zero-order valence-electron chi connectivity index (χ0n) is 12.8. The first kappa shape index (κ1) is 17.1. The van der Waals surface area contributed by atoms with Crippen molar-refractivity contribution in [3.05, 3.63) is 30.1 Å². The Morgan fingerprint density at radius 3 is 3.17 bits per heavy atom. The number of benzene rings is 1. The monoisotopic (exact) mass is 368 g/mol. The largest absolute Gasteiger partial charge is 0.376 e. The van der Waals surface area contributed by atoms with E-state index in [0.29, 0.717) is 21.7 Å². The fraction of sp³-hybridized carbons (Fsp3) is 0.400. The molecule has 0 unspecified atom stereocenters. The van der Waals surface area contributed by atoms with Crippen LogP contribution < -0.4 is 10.6 Å². The third-order valence-electron chi connectivity index (χ3n) is 3.36. The van der Waals surface area contributed by atoms with Crippen LogP contribution in [0.15, 0.2) is 28.6 Å². The van der Waals surface area contributed by atoms with E-state index in [0.717, 1.165) is 19.4 Å². The number of nitrogens with one attached hydrogen (secondary N) is 2. The zero-order chi connectivity index (χ0) is 16.8. The van der Waals surface area contributed by atoms with Crippen molar-refractivity contribution in [2.24, 2.45) is 0 Å². The summed E-state index contributed by atoms with van der Waals surface area (Å²) >= 11 is 2.64. The minimum Gasteiger partial charge on any atom is -0.376 e. The molecular formula is C15H17FN4O2S2. The summed E-state index contributed by atoms with van der Waals surface area (Å²) in [4.78, 5) is 11.8. The SMILES string of the molecule is O=C(CSc1nnc(Nc2cccc(F)c2)s1)NC[C@@H]1CCCO1. The highest BCUT2D eigenvalue weighted by Crippen LogP contribution is 2.27. The molecule has 1 aromatic carbocycles. The number of rotatable bonds is 7. The second-order valence-corrected chi connectivity index (χ2v) is 7.44. The zero-order valence-corrected chi connectivity index (χ0v) is 14.5. The van der Waals surface area contributed by atoms with Crippen LogP contribution in [0.5, 0.6) is 0 Å². The van der Waals surface area contributed by atoms with Crippen LogP contribution in [-0.4, -0.2) is 41.1 Å². The predicted octanol–water partition coefficient (Wildman–Crippen LogP) is 2.81. The fourth-order valence-electron chi connectivity index (χ4n) is 2.22. The molecule has 2 heterocycles. The number of halogens is 1. The van der Waals surface area contributed by atoms with Gasteiger partial charge in [-0.25, -0.2) is 4.39 Å². The molecule has 3 rings (SSSR count). The molecule has 2 N–H and O–H groups in total. The molecular weight excluding hydrogens is 351 g/mol. The molecule has 1 aliphatic heterocycles. The summed E-state index contributed by atoms with van der Waals surface area (Å²) in [6.07, 6.45) is 2.20. The van der Waals surface area contributed by atoms with Gasteiger partial charge in [-0.15, -0.1) is 10.2 Å². The van der Waals surface area contributed by atoms with Crippen LogP contribution in [-0.2, 0) is 9.53 Å². The summed E-state index contributed by atoms with van der Waals surface area (Å²) in [5.41, 5.74) is 0.608. The Balaban J connectivity index is 1.43. The van der Waals surface area contributed by atoms with Crippen molar-refractivity contribution in [1.29, 1.82) is 0 Å². The second-order valence-electron chi connectivity index (χ2n) is 5.24. The van der Waals surface area contributed by atoms with E-state index >= 15 is 0 Å². The van der Waals surface area contributed by atoms with Crippen molar-refractivity contribution in [2.75, 3.05) is 24.2 Å². The van der Waals surface area contributed by atoms with Gasteiger partial charge in [0.1, 0.15) is 5.82 Å². The molecule has 1 saturated heterocycles. The van der Waals surface area contributed by atoms with Gasteiger partial charge in [-0.1, -0.05) is 29.2 Å². The van der Waals surface area contributed by atoms with Gasteiger partial charge in [0.05, 0.1) is 11.9 Å². The molecule has 1 amide bonds. The first-order valence-electron chi connectivity index (χ1n) is 7.56. The average Bonchev–Trinajstić information content (AvgIpc) is 3.23. The smallest absolute Gasteiger partial charge is 0.230 e. The molecule has 6 nitrogen and oxygen atoms in total. The van der Waals surface area contributed by atoms with Crippen LogP contribution in [0.2, 0.25) is 0 Å². The number of hydrogen-bond donors (Lipinski definition) is 2. The van der Waals surface area contributed by atoms with Gasteiger partial charge < -0.3 is 15.4 Å². The molecule has 0 saturated carbocycles. The first-order chi connectivity index (χ1) is 11.7. The summed E-state index contributed by atoms with van der Waals surface area (Å²) in [5, 5.41) is 14.4. The van der Waals surface area contributed by atoms with Crippen LogP contribution in [0.4, 0.5) is 15.2 Å². The van der Waals surface area contributed by atoms with E-state index in [1.54, 1.807) is 12.1 Å². The molecule has 128 valence electrons. The number of anilines is 2. The lowest BCUT2D eigenvalue weighted by Gasteiger charge is -2.09. The number of hydrogen-bond acceptors (Lipinski definition) is 7. The van der Waals surface area contributed by atoms with Gasteiger partial charge >= 0.3 is 0 Å². The van der Waals surface area contributed by atoms with Crippen molar-refractivity contribution in [3.63, 3.8) is 0 Å². The minimum atomic E-state index is -0.318. The van der Waals surface area contributed by atoms with E-state index in [4.69, 9.17) is 4.74 Å². The molecule has 1 atom stereocenters. The van der Waals surface area contributed by atoms with Gasteiger partial charge in [-0.2, -0.15) is 0 Å². The lowest BCUT2D eigenvalue weighted by Crippen LogP contribution is -2.32. The molecule has 24 heavy (non-hydrogen) atoms. The molecule has 1 aliphatic rings. The standard InChI is InChI=1S/C15H17FN4O2S2/c16-10-3-1-4-11(7-10)18-14-19-20-15(24-14)23-9-13(21)17-8-12-5-2-6-22-12/h1,3-4,7,12H,2,5-6,8-9H2,(H,17,21)(H,18,19)/t12-/m0/s1. The highest BCUT2D eigenvalue weighted by Gasteiger charge is 2.16. The number of ether oxygens (including phenoxy) is 1. The Morgan fingerprint density at radius 2 is 2.38 bits per heavy atom. The van der Waals surface area contributed by atoms with E-state index in [-0.39, 0.29) is 23.6 Å². The maximum atomic E-state index is 13.1. The number of carbonyl (C=O) groups excluding carboxylic acids is 1. The first-order valence-corrected chi connectivity index (χ1v) is 9.36. The van der Waals surface area contributed by atoms with Crippen LogP contribution in [0.1, 0.15) is 12.8 Å². The summed E-state index contributed by atoms with van der Waals surface area (Å²) < 4.78 is 19.3. The molecule has 1 fully saturated rings. The minimum absolute atomic E-state index is 0.0506. The van der Waals surface area contributed by atoms with Gasteiger partial charge in [0.15, 0.2) is 4.34 Å². The fourth-order valence-corrected chi connectivity index (χ4v) is 3.82. The van der Waals surface area contributed by atoms with Crippen LogP contribution in [0.3, 0.4) is 0 Å². The van der Waals surface area contributed by atoms with E-state index in [2.05, 4.69) is 20.8 Å². The van der Waals surface area contributed by atoms with Gasteiger partial charge in [0.25, 0.3) is 0 Å². The van der Waals surface area contributed by atoms with Crippen molar-refractivity contribution in [2.45, 2.75) is 23.3 Å².